The summed E-state index contributed by atoms with van der Waals surface area (Å²) in [4.78, 5) is 12.1. The third-order valence-corrected chi connectivity index (χ3v) is 8.65. The largest absolute Gasteiger partial charge is 0.481 e. The fourth-order valence-electron chi connectivity index (χ4n) is 7.73. The zero-order chi connectivity index (χ0) is 17.5. The van der Waals surface area contributed by atoms with Gasteiger partial charge in [0, 0.05) is 5.41 Å². The van der Waals surface area contributed by atoms with Crippen LogP contribution in [0.15, 0.2) is 12.2 Å². The average Bonchev–Trinajstić information content (AvgIpc) is 2.68. The van der Waals surface area contributed by atoms with E-state index in [-0.39, 0.29) is 28.6 Å². The molecule has 8 atom stereocenters. The van der Waals surface area contributed by atoms with Crippen molar-refractivity contribution in [2.45, 2.75) is 71.0 Å². The first kappa shape index (κ1) is 16.6. The van der Waals surface area contributed by atoms with Gasteiger partial charge >= 0.3 is 5.97 Å². The molecule has 4 aliphatic rings. The van der Waals surface area contributed by atoms with E-state index in [4.69, 9.17) is 0 Å². The van der Waals surface area contributed by atoms with E-state index in [1.54, 1.807) is 0 Å². The Kier molecular flexibility index (Phi) is 3.35. The van der Waals surface area contributed by atoms with Crippen LogP contribution in [0, 0.1) is 34.0 Å². The van der Waals surface area contributed by atoms with Crippen LogP contribution in [0.4, 0.5) is 0 Å². The topological polar surface area (TPSA) is 77.8 Å². The van der Waals surface area contributed by atoms with E-state index in [1.807, 2.05) is 6.92 Å². The predicted molar refractivity (Wildman–Crippen MR) is 90.2 cm³/mol. The number of aliphatic hydroxyl groups is 2. The molecule has 0 radical (unpaired) electrons. The molecule has 4 rings (SSSR count). The number of hydrogen-bond donors (Lipinski definition) is 3. The Bertz CT molecular complexity index is 600. The molecule has 4 heteroatoms. The summed E-state index contributed by atoms with van der Waals surface area (Å²) in [5.41, 5.74) is -0.331. The van der Waals surface area contributed by atoms with Crippen LogP contribution in [0.3, 0.4) is 0 Å². The van der Waals surface area contributed by atoms with Crippen LogP contribution in [0.25, 0.3) is 0 Å². The Morgan fingerprint density at radius 2 is 1.92 bits per heavy atom. The van der Waals surface area contributed by atoms with Crippen LogP contribution >= 0.6 is 0 Å². The molecule has 0 amide bonds. The third-order valence-electron chi connectivity index (χ3n) is 8.65. The Morgan fingerprint density at radius 1 is 1.21 bits per heavy atom. The first-order valence-corrected chi connectivity index (χ1v) is 9.45. The molecule has 0 aliphatic heterocycles. The minimum Gasteiger partial charge on any atom is -0.481 e. The Balaban J connectivity index is 1.82. The van der Waals surface area contributed by atoms with Crippen molar-refractivity contribution in [2.24, 2.45) is 34.0 Å². The second kappa shape index (κ2) is 4.85. The maximum atomic E-state index is 12.1. The number of hydrogen-bond acceptors (Lipinski definition) is 3. The van der Waals surface area contributed by atoms with E-state index < -0.39 is 23.6 Å². The molecule has 0 heterocycles. The molecule has 4 nitrogen and oxygen atoms in total. The van der Waals surface area contributed by atoms with Crippen molar-refractivity contribution in [3.05, 3.63) is 12.2 Å². The molecule has 3 N–H and O–H groups in total. The normalized spacial score (nSPS) is 56.5. The summed E-state index contributed by atoms with van der Waals surface area (Å²) < 4.78 is 0. The molecule has 0 aromatic rings. The molecule has 1 spiro atoms. The quantitative estimate of drug-likeness (QED) is 0.644. The van der Waals surface area contributed by atoms with Crippen molar-refractivity contribution in [3.63, 3.8) is 0 Å². The summed E-state index contributed by atoms with van der Waals surface area (Å²) >= 11 is 0. The van der Waals surface area contributed by atoms with E-state index in [9.17, 15) is 20.1 Å². The first-order chi connectivity index (χ1) is 11.2. The molecule has 2 bridgehead atoms. The molecule has 4 saturated carbocycles. The van der Waals surface area contributed by atoms with Gasteiger partial charge in [-0.25, -0.2) is 0 Å². The van der Waals surface area contributed by atoms with Gasteiger partial charge in [0.25, 0.3) is 0 Å². The summed E-state index contributed by atoms with van der Waals surface area (Å²) in [6.45, 7) is 8.22. The maximum Gasteiger partial charge on any atom is 0.309 e. The Hall–Kier alpha value is -0.870. The molecule has 4 fully saturated rings. The van der Waals surface area contributed by atoms with Crippen molar-refractivity contribution >= 4 is 5.97 Å². The number of carboxylic acids is 1. The number of carbonyl (C=O) groups is 1. The minimum absolute atomic E-state index is 0.0202. The van der Waals surface area contributed by atoms with Crippen molar-refractivity contribution in [2.75, 3.05) is 0 Å². The SMILES string of the molecule is C=C1[C@@H]2C[C@H](O)[C@H]3[C@]4(C)CCC[C@@](C)(C(=O)O)[C@H]4CC[C@]3(C2)[C@@H]1O. The number of fused-ring (bicyclic) bond motifs is 3. The van der Waals surface area contributed by atoms with Gasteiger partial charge in [-0.15, -0.1) is 0 Å². The summed E-state index contributed by atoms with van der Waals surface area (Å²) in [6.07, 6.45) is 4.80. The molecular weight excluding hydrogens is 304 g/mol. The maximum absolute atomic E-state index is 12.1. The molecule has 0 aromatic heterocycles. The first-order valence-electron chi connectivity index (χ1n) is 9.45. The minimum atomic E-state index is -0.717. The number of carboxylic acid groups (broad SMARTS) is 1. The van der Waals surface area contributed by atoms with Gasteiger partial charge < -0.3 is 15.3 Å². The fraction of sp³-hybridized carbons (Fsp3) is 0.850. The van der Waals surface area contributed by atoms with Crippen LogP contribution in [0.2, 0.25) is 0 Å². The van der Waals surface area contributed by atoms with Gasteiger partial charge in [-0.1, -0.05) is 19.9 Å². The Labute approximate surface area is 144 Å². The van der Waals surface area contributed by atoms with Gasteiger partial charge in [-0.3, -0.25) is 4.79 Å². The van der Waals surface area contributed by atoms with Gasteiger partial charge in [0.15, 0.2) is 0 Å². The van der Waals surface area contributed by atoms with Crippen molar-refractivity contribution in [1.82, 2.24) is 0 Å². The highest BCUT2D eigenvalue weighted by Gasteiger charge is 2.69. The lowest BCUT2D eigenvalue weighted by atomic mass is 9.40. The zero-order valence-corrected chi connectivity index (χ0v) is 14.8. The van der Waals surface area contributed by atoms with Crippen LogP contribution in [-0.4, -0.2) is 33.5 Å². The lowest BCUT2D eigenvalue weighted by Crippen LogP contribution is -2.63. The van der Waals surface area contributed by atoms with E-state index in [2.05, 4.69) is 13.5 Å². The molecule has 0 saturated heterocycles. The number of aliphatic hydroxyl groups excluding tert-OH is 2. The third kappa shape index (κ3) is 1.74. The smallest absolute Gasteiger partial charge is 0.309 e. The summed E-state index contributed by atoms with van der Waals surface area (Å²) in [5, 5.41) is 31.9. The van der Waals surface area contributed by atoms with Crippen molar-refractivity contribution in [1.29, 1.82) is 0 Å². The van der Waals surface area contributed by atoms with Crippen LogP contribution < -0.4 is 0 Å². The van der Waals surface area contributed by atoms with Gasteiger partial charge in [-0.2, -0.15) is 0 Å². The number of rotatable bonds is 1. The van der Waals surface area contributed by atoms with E-state index in [0.29, 0.717) is 6.42 Å². The van der Waals surface area contributed by atoms with Crippen LogP contribution in [-0.2, 0) is 4.79 Å². The lowest BCUT2D eigenvalue weighted by molar-refractivity contribution is -0.212. The highest BCUT2D eigenvalue weighted by molar-refractivity contribution is 5.75. The van der Waals surface area contributed by atoms with Crippen LogP contribution in [0.1, 0.15) is 58.8 Å². The van der Waals surface area contributed by atoms with E-state index in [0.717, 1.165) is 44.1 Å². The van der Waals surface area contributed by atoms with E-state index in [1.165, 1.54) is 0 Å². The van der Waals surface area contributed by atoms with Crippen molar-refractivity contribution < 1.29 is 20.1 Å². The van der Waals surface area contributed by atoms with Crippen molar-refractivity contribution in [3.8, 4) is 0 Å². The average molecular weight is 334 g/mol. The van der Waals surface area contributed by atoms with Gasteiger partial charge in [-0.05, 0) is 74.2 Å². The highest BCUT2D eigenvalue weighted by Crippen LogP contribution is 2.72. The van der Waals surface area contributed by atoms with Crippen LogP contribution in [0.5, 0.6) is 0 Å². The summed E-state index contributed by atoms with van der Waals surface area (Å²) in [7, 11) is 0. The standard InChI is InChI=1S/C20H30O4/c1-11-12-9-13(21)15-18(2)6-4-7-19(3,17(23)24)14(18)5-8-20(15,10-12)16(11)22/h12-16,21-22H,1,4-10H2,2-3H3,(H,23,24)/t12-,13+,14+,15+,16-,18-,19-,20-/m1/s1. The molecule has 4 aliphatic carbocycles. The Morgan fingerprint density at radius 3 is 2.58 bits per heavy atom. The molecule has 0 aromatic carbocycles. The number of aliphatic carboxylic acids is 1. The second-order valence-corrected chi connectivity index (χ2v) is 9.57. The molecular formula is C20H30O4. The lowest BCUT2D eigenvalue weighted by Gasteiger charge is -2.64. The van der Waals surface area contributed by atoms with Gasteiger partial charge in [0.1, 0.15) is 0 Å². The van der Waals surface area contributed by atoms with Gasteiger partial charge in [0.2, 0.25) is 0 Å². The molecule has 0 unspecified atom stereocenters. The fourth-order valence-corrected chi connectivity index (χ4v) is 7.73. The predicted octanol–water partition coefficient (Wildman–Crippen LogP) is 2.98. The van der Waals surface area contributed by atoms with E-state index >= 15 is 0 Å². The summed E-state index contributed by atoms with van der Waals surface area (Å²) in [6, 6.07) is 0. The highest BCUT2D eigenvalue weighted by atomic mass is 16.4. The summed E-state index contributed by atoms with van der Waals surface area (Å²) in [5.74, 6) is -0.429. The molecule has 134 valence electrons. The van der Waals surface area contributed by atoms with Gasteiger partial charge in [0.05, 0.1) is 17.6 Å². The second-order valence-electron chi connectivity index (χ2n) is 9.57. The monoisotopic (exact) mass is 334 g/mol. The molecule has 24 heavy (non-hydrogen) atoms. The zero-order valence-electron chi connectivity index (χ0n) is 14.8.